The Morgan fingerprint density at radius 1 is 1.59 bits per heavy atom. The normalized spacial score (nSPS) is 12.9. The summed E-state index contributed by atoms with van der Waals surface area (Å²) in [6.07, 6.45) is 1.26. The first kappa shape index (κ1) is 14.6. The average molecular weight is 339 g/mol. The van der Waals surface area contributed by atoms with E-state index in [0.29, 0.717) is 4.88 Å². The monoisotopic (exact) mass is 338 g/mol. The molecule has 2 nitrogen and oxygen atoms in total. The van der Waals surface area contributed by atoms with Gasteiger partial charge in [-0.3, -0.25) is 0 Å². The lowest BCUT2D eigenvalue weighted by Gasteiger charge is -2.00. The topological polar surface area (TPSA) is 24.4 Å². The molecule has 0 aromatic carbocycles. The molecule has 92 valence electrons. The summed E-state index contributed by atoms with van der Waals surface area (Å²) in [7, 11) is 1.68. The van der Waals surface area contributed by atoms with Gasteiger partial charge in [0.2, 0.25) is 0 Å². The Morgan fingerprint density at radius 2 is 2.29 bits per heavy atom. The highest BCUT2D eigenvalue weighted by Gasteiger charge is 2.12. The number of thiophene rings is 1. The van der Waals surface area contributed by atoms with Gasteiger partial charge in [0.05, 0.1) is 15.9 Å². The minimum atomic E-state index is -1.11. The van der Waals surface area contributed by atoms with Gasteiger partial charge in [0.25, 0.3) is 0 Å². The molecule has 17 heavy (non-hydrogen) atoms. The average Bonchev–Trinajstić information content (AvgIpc) is 2.70. The van der Waals surface area contributed by atoms with Crippen molar-refractivity contribution in [3.05, 3.63) is 39.0 Å². The smallest absolute Gasteiger partial charge is 0.168 e. The fourth-order valence-corrected chi connectivity index (χ4v) is 2.62. The molecule has 1 aromatic rings. The Kier molecular flexibility index (Phi) is 6.04. The number of rotatable bonds is 5. The van der Waals surface area contributed by atoms with E-state index in [0.717, 1.165) is 15.9 Å². The summed E-state index contributed by atoms with van der Waals surface area (Å²) in [4.78, 5) is 0.577. The number of hydrogen-bond acceptors (Lipinski definition) is 4. The van der Waals surface area contributed by atoms with Crippen molar-refractivity contribution in [1.29, 1.82) is 0 Å². The second-order valence-corrected chi connectivity index (χ2v) is 6.03. The summed E-state index contributed by atoms with van der Waals surface area (Å²) in [6, 6.07) is 3.44. The molecule has 0 fully saturated rings. The fourth-order valence-electron chi connectivity index (χ4n) is 0.965. The number of allylic oxidation sites excluding steroid dienone is 3. The molecule has 0 radical (unpaired) electrons. The van der Waals surface area contributed by atoms with Gasteiger partial charge in [-0.25, -0.2) is 17.9 Å². The zero-order chi connectivity index (χ0) is 12.8. The van der Waals surface area contributed by atoms with Crippen LogP contribution in [0.1, 0.15) is 4.88 Å². The van der Waals surface area contributed by atoms with Crippen molar-refractivity contribution >= 4 is 51.2 Å². The van der Waals surface area contributed by atoms with Gasteiger partial charge < -0.3 is 0 Å². The molecule has 7 heteroatoms. The molecule has 0 spiro atoms. The second kappa shape index (κ2) is 7.05. The standard InChI is InChI=1S/C10H9BrF2N2S2/c1-6(12)10(13)7(5-15-17-14-2)8-3-4-9(11)16-8/h3-5,14H,1H2,2H3/b10-7-,15-5?. The molecule has 1 aromatic heterocycles. The van der Waals surface area contributed by atoms with Crippen molar-refractivity contribution in [2.45, 2.75) is 0 Å². The van der Waals surface area contributed by atoms with Crippen molar-refractivity contribution in [3.8, 4) is 0 Å². The SMILES string of the molecule is C=C(F)/C(F)=C(\C=NSNC)c1ccc(Br)s1. The molecule has 0 amide bonds. The zero-order valence-corrected chi connectivity index (χ0v) is 12.1. The van der Waals surface area contributed by atoms with Crippen LogP contribution in [0.4, 0.5) is 8.78 Å². The minimum Gasteiger partial charge on any atom is -0.247 e. The van der Waals surface area contributed by atoms with Crippen molar-refractivity contribution in [2.24, 2.45) is 4.40 Å². The molecule has 0 aliphatic heterocycles. The van der Waals surface area contributed by atoms with Crippen LogP contribution in [0.3, 0.4) is 0 Å². The number of hydrogen-bond donors (Lipinski definition) is 1. The van der Waals surface area contributed by atoms with E-state index in [2.05, 4.69) is 31.6 Å². The van der Waals surface area contributed by atoms with Crippen LogP contribution in [0.5, 0.6) is 0 Å². The Hall–Kier alpha value is -0.500. The minimum absolute atomic E-state index is 0.0796. The quantitative estimate of drug-likeness (QED) is 0.484. The first-order valence-electron chi connectivity index (χ1n) is 4.42. The molecule has 0 saturated carbocycles. The van der Waals surface area contributed by atoms with Crippen LogP contribution < -0.4 is 4.72 Å². The lowest BCUT2D eigenvalue weighted by atomic mass is 10.2. The van der Waals surface area contributed by atoms with E-state index in [1.807, 2.05) is 0 Å². The first-order chi connectivity index (χ1) is 8.06. The summed E-state index contributed by atoms with van der Waals surface area (Å²) in [5.41, 5.74) is 0.0796. The van der Waals surface area contributed by atoms with E-state index in [9.17, 15) is 8.78 Å². The Balaban J connectivity index is 3.11. The summed E-state index contributed by atoms with van der Waals surface area (Å²) in [5.74, 6) is -2.11. The van der Waals surface area contributed by atoms with Crippen LogP contribution >= 0.6 is 39.4 Å². The Bertz CT molecular complexity index is 469. The molecule has 1 N–H and O–H groups in total. The zero-order valence-electron chi connectivity index (χ0n) is 8.84. The first-order valence-corrected chi connectivity index (χ1v) is 6.81. The largest absolute Gasteiger partial charge is 0.247 e. The van der Waals surface area contributed by atoms with Crippen LogP contribution in [0, 0.1) is 0 Å². The molecule has 0 atom stereocenters. The summed E-state index contributed by atoms with van der Waals surface area (Å²) in [5, 5.41) is 0. The lowest BCUT2D eigenvalue weighted by molar-refractivity contribution is 0.552. The van der Waals surface area contributed by atoms with Gasteiger partial charge in [-0.1, -0.05) is 6.58 Å². The highest BCUT2D eigenvalue weighted by Crippen LogP contribution is 2.31. The number of nitrogens with zero attached hydrogens (tertiary/aromatic N) is 1. The molecule has 0 bridgehead atoms. The van der Waals surface area contributed by atoms with Gasteiger partial charge in [-0.2, -0.15) is 0 Å². The van der Waals surface area contributed by atoms with Crippen molar-refractivity contribution in [2.75, 3.05) is 7.05 Å². The van der Waals surface area contributed by atoms with Crippen LogP contribution in [-0.4, -0.2) is 13.3 Å². The molecular weight excluding hydrogens is 330 g/mol. The van der Waals surface area contributed by atoms with Crippen molar-refractivity contribution in [3.63, 3.8) is 0 Å². The van der Waals surface area contributed by atoms with Gasteiger partial charge in [0, 0.05) is 16.7 Å². The van der Waals surface area contributed by atoms with Gasteiger partial charge >= 0.3 is 0 Å². The van der Waals surface area contributed by atoms with E-state index in [4.69, 9.17) is 0 Å². The Morgan fingerprint density at radius 3 is 2.76 bits per heavy atom. The van der Waals surface area contributed by atoms with E-state index < -0.39 is 11.7 Å². The molecule has 0 unspecified atom stereocenters. The van der Waals surface area contributed by atoms with Crippen LogP contribution in [0.15, 0.2) is 38.5 Å². The summed E-state index contributed by atoms with van der Waals surface area (Å²) >= 11 is 5.58. The second-order valence-electron chi connectivity index (χ2n) is 2.77. The number of halogens is 3. The molecule has 0 saturated heterocycles. The third-order valence-electron chi connectivity index (χ3n) is 1.64. The maximum Gasteiger partial charge on any atom is 0.168 e. The third kappa shape index (κ3) is 4.34. The molecule has 0 aliphatic carbocycles. The fraction of sp³-hybridized carbons (Fsp3) is 0.100. The maximum absolute atomic E-state index is 13.6. The van der Waals surface area contributed by atoms with E-state index >= 15 is 0 Å². The lowest BCUT2D eigenvalue weighted by Crippen LogP contribution is -1.90. The maximum atomic E-state index is 13.6. The van der Waals surface area contributed by atoms with Crippen LogP contribution in [0.25, 0.3) is 5.57 Å². The number of nitrogens with one attached hydrogen (secondary N) is 1. The van der Waals surface area contributed by atoms with Gasteiger partial charge in [0.15, 0.2) is 11.7 Å². The molecule has 0 aliphatic rings. The van der Waals surface area contributed by atoms with Gasteiger partial charge in [-0.15, -0.1) is 11.3 Å². The van der Waals surface area contributed by atoms with Crippen LogP contribution in [0.2, 0.25) is 0 Å². The summed E-state index contributed by atoms with van der Waals surface area (Å²) < 4.78 is 33.8. The van der Waals surface area contributed by atoms with Crippen LogP contribution in [-0.2, 0) is 0 Å². The molecule has 1 rings (SSSR count). The third-order valence-corrected chi connectivity index (χ3v) is 3.69. The van der Waals surface area contributed by atoms with E-state index in [-0.39, 0.29) is 5.57 Å². The van der Waals surface area contributed by atoms with Crippen molar-refractivity contribution in [1.82, 2.24) is 4.72 Å². The molecule has 1 heterocycles. The molecular formula is C10H9BrF2N2S2. The Labute approximate surface area is 115 Å². The van der Waals surface area contributed by atoms with E-state index in [1.165, 1.54) is 17.6 Å². The predicted molar refractivity (Wildman–Crippen MR) is 75.4 cm³/mol. The van der Waals surface area contributed by atoms with Gasteiger partial charge in [0.1, 0.15) is 0 Å². The summed E-state index contributed by atoms with van der Waals surface area (Å²) in [6.45, 7) is 2.95. The highest BCUT2D eigenvalue weighted by atomic mass is 79.9. The predicted octanol–water partition coefficient (Wildman–Crippen LogP) is 4.53. The van der Waals surface area contributed by atoms with Crippen molar-refractivity contribution < 1.29 is 8.78 Å². The highest BCUT2D eigenvalue weighted by molar-refractivity contribution is 9.11. The van der Waals surface area contributed by atoms with E-state index in [1.54, 1.807) is 19.2 Å². The van der Waals surface area contributed by atoms with Gasteiger partial charge in [-0.05, 0) is 35.1 Å².